The van der Waals surface area contributed by atoms with Crippen LogP contribution in [0.2, 0.25) is 0 Å². The molecule has 0 saturated carbocycles. The van der Waals surface area contributed by atoms with E-state index in [1.165, 1.54) is 0 Å². The van der Waals surface area contributed by atoms with Crippen molar-refractivity contribution >= 4 is 27.8 Å². The third-order valence-electron chi connectivity index (χ3n) is 4.73. The van der Waals surface area contributed by atoms with E-state index in [9.17, 15) is 4.79 Å². The van der Waals surface area contributed by atoms with E-state index in [2.05, 4.69) is 0 Å². The van der Waals surface area contributed by atoms with Gasteiger partial charge in [0, 0.05) is 16.3 Å². The maximum Gasteiger partial charge on any atom is 0.344 e. The van der Waals surface area contributed by atoms with Crippen LogP contribution in [0.25, 0.3) is 27.8 Å². The minimum atomic E-state index is -0.384. The number of methoxy groups -OCH3 is 1. The predicted octanol–water partition coefficient (Wildman–Crippen LogP) is 5.36. The number of aryl methyl sites for hydroxylation is 1. The zero-order valence-corrected chi connectivity index (χ0v) is 15.8. The van der Waals surface area contributed by atoms with Gasteiger partial charge in [0.05, 0.1) is 12.5 Å². The molecule has 3 aromatic carbocycles. The van der Waals surface area contributed by atoms with Gasteiger partial charge in [0.15, 0.2) is 0 Å². The lowest BCUT2D eigenvalue weighted by Crippen LogP contribution is -2.02. The van der Waals surface area contributed by atoms with Gasteiger partial charge >= 0.3 is 5.63 Å². The lowest BCUT2D eigenvalue weighted by atomic mass is 10.0. The van der Waals surface area contributed by atoms with Crippen LogP contribution in [0.5, 0.6) is 11.5 Å². The number of hydrogen-bond acceptors (Lipinski definition) is 4. The Kier molecular flexibility index (Phi) is 4.85. The van der Waals surface area contributed by atoms with E-state index in [0.29, 0.717) is 29.1 Å². The van der Waals surface area contributed by atoms with Crippen LogP contribution < -0.4 is 15.1 Å². The van der Waals surface area contributed by atoms with Crippen molar-refractivity contribution in [2.24, 2.45) is 0 Å². The normalized spacial score (nSPS) is 11.4. The fraction of sp³-hybridized carbons (Fsp3) is 0.125. The Morgan fingerprint density at radius 3 is 2.54 bits per heavy atom. The highest BCUT2D eigenvalue weighted by molar-refractivity contribution is 6.05. The smallest absolute Gasteiger partial charge is 0.344 e. The molecule has 4 aromatic rings. The lowest BCUT2D eigenvalue weighted by molar-refractivity contribution is 0.360. The van der Waals surface area contributed by atoms with Crippen LogP contribution in [0, 0.1) is 6.92 Å². The monoisotopic (exact) mass is 372 g/mol. The Hall–Kier alpha value is -3.53. The summed E-state index contributed by atoms with van der Waals surface area (Å²) in [4.78, 5) is 12.5. The third-order valence-corrected chi connectivity index (χ3v) is 4.73. The van der Waals surface area contributed by atoms with Gasteiger partial charge in [0.1, 0.15) is 23.7 Å². The summed E-state index contributed by atoms with van der Waals surface area (Å²) in [5, 5.41) is 2.22. The second kappa shape index (κ2) is 7.61. The van der Waals surface area contributed by atoms with Crippen LogP contribution in [-0.2, 0) is 0 Å². The van der Waals surface area contributed by atoms with Crippen molar-refractivity contribution < 1.29 is 13.9 Å². The molecule has 0 unspecified atom stereocenters. The van der Waals surface area contributed by atoms with Crippen molar-refractivity contribution in [2.45, 2.75) is 6.92 Å². The highest BCUT2D eigenvalue weighted by atomic mass is 16.5. The Balaban J connectivity index is 1.66. The molecule has 0 amide bonds. The van der Waals surface area contributed by atoms with Crippen molar-refractivity contribution in [3.05, 3.63) is 88.3 Å². The van der Waals surface area contributed by atoms with E-state index < -0.39 is 0 Å². The van der Waals surface area contributed by atoms with Crippen molar-refractivity contribution in [2.75, 3.05) is 13.7 Å². The molecule has 0 spiro atoms. The SMILES string of the molecule is COc1ccc2c(c1)c(=O)oc1c(C)c(OC/C=C/c3ccccc3)ccc12. The quantitative estimate of drug-likeness (QED) is 0.350. The van der Waals surface area contributed by atoms with Gasteiger partial charge in [-0.2, -0.15) is 0 Å². The molecule has 0 aliphatic rings. The molecule has 0 radical (unpaired) electrons. The Morgan fingerprint density at radius 1 is 0.964 bits per heavy atom. The van der Waals surface area contributed by atoms with Crippen LogP contribution in [0.15, 0.2) is 76.0 Å². The first-order valence-corrected chi connectivity index (χ1v) is 9.06. The van der Waals surface area contributed by atoms with Crippen molar-refractivity contribution in [3.63, 3.8) is 0 Å². The molecule has 4 rings (SSSR count). The van der Waals surface area contributed by atoms with Crippen molar-refractivity contribution in [3.8, 4) is 11.5 Å². The van der Waals surface area contributed by atoms with Crippen LogP contribution in [0.1, 0.15) is 11.1 Å². The Labute approximate surface area is 162 Å². The van der Waals surface area contributed by atoms with Gasteiger partial charge in [-0.05, 0) is 48.9 Å². The number of rotatable bonds is 5. The minimum absolute atomic E-state index is 0.384. The summed E-state index contributed by atoms with van der Waals surface area (Å²) in [7, 11) is 1.57. The number of benzene rings is 3. The van der Waals surface area contributed by atoms with Gasteiger partial charge in [0.2, 0.25) is 0 Å². The minimum Gasteiger partial charge on any atom is -0.497 e. The van der Waals surface area contributed by atoms with Crippen LogP contribution in [-0.4, -0.2) is 13.7 Å². The number of fused-ring (bicyclic) bond motifs is 3. The van der Waals surface area contributed by atoms with E-state index in [4.69, 9.17) is 13.9 Å². The fourth-order valence-electron chi connectivity index (χ4n) is 3.26. The zero-order valence-electron chi connectivity index (χ0n) is 15.8. The summed E-state index contributed by atoms with van der Waals surface area (Å²) in [5.41, 5.74) is 2.09. The van der Waals surface area contributed by atoms with E-state index in [-0.39, 0.29) is 5.63 Å². The Morgan fingerprint density at radius 2 is 1.75 bits per heavy atom. The predicted molar refractivity (Wildman–Crippen MR) is 112 cm³/mol. The largest absolute Gasteiger partial charge is 0.497 e. The molecule has 0 aliphatic heterocycles. The summed E-state index contributed by atoms with van der Waals surface area (Å²) < 4.78 is 16.7. The molecule has 28 heavy (non-hydrogen) atoms. The summed E-state index contributed by atoms with van der Waals surface area (Å²) in [6.45, 7) is 2.33. The van der Waals surface area contributed by atoms with E-state index >= 15 is 0 Å². The van der Waals surface area contributed by atoms with Gasteiger partial charge in [0.25, 0.3) is 0 Å². The van der Waals surface area contributed by atoms with Crippen molar-refractivity contribution in [1.82, 2.24) is 0 Å². The van der Waals surface area contributed by atoms with Crippen LogP contribution in [0.3, 0.4) is 0 Å². The molecule has 0 atom stereocenters. The van der Waals surface area contributed by atoms with Gasteiger partial charge in [-0.25, -0.2) is 4.79 Å². The van der Waals surface area contributed by atoms with Gasteiger partial charge in [-0.15, -0.1) is 0 Å². The standard InChI is InChI=1S/C24H20O4/c1-16-22(27-14-6-9-17-7-4-3-5-8-17)13-12-20-19-11-10-18(26-2)15-21(19)24(25)28-23(16)20/h3-13,15H,14H2,1-2H3/b9-6+. The summed E-state index contributed by atoms with van der Waals surface area (Å²) in [6.07, 6.45) is 3.97. The average molecular weight is 372 g/mol. The van der Waals surface area contributed by atoms with Crippen LogP contribution >= 0.6 is 0 Å². The molecule has 1 heterocycles. The van der Waals surface area contributed by atoms with Gasteiger partial charge in [-0.3, -0.25) is 0 Å². The zero-order chi connectivity index (χ0) is 19.5. The molecule has 0 N–H and O–H groups in total. The topological polar surface area (TPSA) is 48.7 Å². The first kappa shape index (κ1) is 17.9. The molecule has 140 valence electrons. The molecule has 0 aliphatic carbocycles. The lowest BCUT2D eigenvalue weighted by Gasteiger charge is -2.11. The summed E-state index contributed by atoms with van der Waals surface area (Å²) in [6, 6.07) is 19.3. The third kappa shape index (κ3) is 3.37. The molecule has 0 fully saturated rings. The second-order valence-electron chi connectivity index (χ2n) is 6.49. The molecular weight excluding hydrogens is 352 g/mol. The highest BCUT2D eigenvalue weighted by Gasteiger charge is 2.13. The van der Waals surface area contributed by atoms with E-state index in [1.807, 2.05) is 73.7 Å². The molecule has 4 nitrogen and oxygen atoms in total. The highest BCUT2D eigenvalue weighted by Crippen LogP contribution is 2.32. The fourth-order valence-corrected chi connectivity index (χ4v) is 3.26. The van der Waals surface area contributed by atoms with Gasteiger partial charge < -0.3 is 13.9 Å². The number of hydrogen-bond donors (Lipinski definition) is 0. The summed E-state index contributed by atoms with van der Waals surface area (Å²) in [5.74, 6) is 1.32. The molecule has 4 heteroatoms. The average Bonchev–Trinajstić information content (AvgIpc) is 2.73. The number of ether oxygens (including phenoxy) is 2. The second-order valence-corrected chi connectivity index (χ2v) is 6.49. The van der Waals surface area contributed by atoms with E-state index in [0.717, 1.165) is 21.9 Å². The molecule has 0 saturated heterocycles. The molecular formula is C24H20O4. The Bertz CT molecular complexity index is 1220. The van der Waals surface area contributed by atoms with Crippen LogP contribution in [0.4, 0.5) is 0 Å². The maximum absolute atomic E-state index is 12.5. The molecule has 0 bridgehead atoms. The van der Waals surface area contributed by atoms with Gasteiger partial charge in [-0.1, -0.05) is 36.4 Å². The molecule has 1 aromatic heterocycles. The van der Waals surface area contributed by atoms with Crippen molar-refractivity contribution in [1.29, 1.82) is 0 Å². The summed E-state index contributed by atoms with van der Waals surface area (Å²) >= 11 is 0. The maximum atomic E-state index is 12.5. The van der Waals surface area contributed by atoms with E-state index in [1.54, 1.807) is 13.2 Å². The first-order chi connectivity index (χ1) is 13.7. The first-order valence-electron chi connectivity index (χ1n) is 9.06.